The number of allylic oxidation sites excluding steroid dienone is 4. The van der Waals surface area contributed by atoms with Crippen molar-refractivity contribution in [2.24, 2.45) is 0 Å². The maximum Gasteiger partial charge on any atom is 0.182 e. The third kappa shape index (κ3) is 3.08. The zero-order valence-electron chi connectivity index (χ0n) is 13.5. The normalized spacial score (nSPS) is 15.9. The monoisotopic (exact) mass is 309 g/mol. The van der Waals surface area contributed by atoms with Gasteiger partial charge in [0.05, 0.1) is 23.1 Å². The molecule has 23 heavy (non-hydrogen) atoms. The minimum atomic E-state index is -0.0459. The molecular weight excluding hydrogens is 290 g/mol. The Bertz CT molecular complexity index is 768. The smallest absolute Gasteiger partial charge is 0.182 e. The molecule has 0 amide bonds. The van der Waals surface area contributed by atoms with E-state index >= 15 is 0 Å². The van der Waals surface area contributed by atoms with Crippen LogP contribution in [0.3, 0.4) is 0 Å². The van der Waals surface area contributed by atoms with E-state index in [2.05, 4.69) is 15.5 Å². The molecule has 0 aromatic carbocycles. The van der Waals surface area contributed by atoms with Gasteiger partial charge in [-0.3, -0.25) is 9.78 Å². The number of pyridine rings is 1. The molecule has 1 aliphatic carbocycles. The molecule has 0 radical (unpaired) electrons. The van der Waals surface area contributed by atoms with Crippen LogP contribution in [0.2, 0.25) is 0 Å². The number of ketones is 1. The van der Waals surface area contributed by atoms with Crippen LogP contribution in [0.15, 0.2) is 46.8 Å². The van der Waals surface area contributed by atoms with Crippen molar-refractivity contribution in [1.82, 2.24) is 15.5 Å². The van der Waals surface area contributed by atoms with E-state index in [1.807, 2.05) is 51.1 Å². The molecule has 2 aromatic rings. The maximum atomic E-state index is 12.2. The number of nitrogens with zero attached hydrogens (tertiary/aromatic N) is 2. The lowest BCUT2D eigenvalue weighted by Crippen LogP contribution is -2.25. The molecule has 118 valence electrons. The van der Waals surface area contributed by atoms with Gasteiger partial charge in [-0.25, -0.2) is 0 Å². The van der Waals surface area contributed by atoms with E-state index in [1.54, 1.807) is 6.20 Å². The van der Waals surface area contributed by atoms with Crippen molar-refractivity contribution in [3.63, 3.8) is 0 Å². The van der Waals surface area contributed by atoms with E-state index in [0.29, 0.717) is 12.1 Å². The molecule has 0 bridgehead atoms. The number of hydrogen-bond donors (Lipinski definition) is 1. The van der Waals surface area contributed by atoms with E-state index in [1.165, 1.54) is 0 Å². The first-order chi connectivity index (χ1) is 11.1. The van der Waals surface area contributed by atoms with Crippen molar-refractivity contribution in [2.75, 3.05) is 0 Å². The molecule has 2 aromatic heterocycles. The van der Waals surface area contributed by atoms with Crippen LogP contribution >= 0.6 is 0 Å². The van der Waals surface area contributed by atoms with Crippen LogP contribution in [-0.2, 0) is 4.79 Å². The number of hydrogen-bond acceptors (Lipinski definition) is 5. The molecule has 5 nitrogen and oxygen atoms in total. The molecular formula is C18H19N3O2. The standard InChI is InChI=1S/C18H19N3O2/c1-11(15-6-4-5-9-19-15)20-16-10-14(7-8-17(16)22)18-12(2)21-23-13(18)3/h4-7,9-11,20H,8H2,1-3H3/t11-/m1/s1. The number of aryl methyl sites for hydroxylation is 2. The largest absolute Gasteiger partial charge is 0.374 e. The molecule has 0 aliphatic heterocycles. The quantitative estimate of drug-likeness (QED) is 0.938. The number of carbonyl (C=O) groups excluding carboxylic acids is 1. The highest BCUT2D eigenvalue weighted by atomic mass is 16.5. The zero-order valence-corrected chi connectivity index (χ0v) is 13.5. The van der Waals surface area contributed by atoms with E-state index in [0.717, 1.165) is 28.3 Å². The summed E-state index contributed by atoms with van der Waals surface area (Å²) < 4.78 is 5.23. The molecule has 5 heteroatoms. The summed E-state index contributed by atoms with van der Waals surface area (Å²) in [7, 11) is 0. The van der Waals surface area contributed by atoms with Gasteiger partial charge in [-0.05, 0) is 44.6 Å². The number of nitrogens with one attached hydrogen (secondary N) is 1. The Labute approximate surface area is 135 Å². The van der Waals surface area contributed by atoms with Gasteiger partial charge in [-0.15, -0.1) is 0 Å². The zero-order chi connectivity index (χ0) is 16.4. The van der Waals surface area contributed by atoms with Gasteiger partial charge in [-0.2, -0.15) is 0 Å². The van der Waals surface area contributed by atoms with E-state index in [-0.39, 0.29) is 11.8 Å². The highest BCUT2D eigenvalue weighted by Crippen LogP contribution is 2.28. The van der Waals surface area contributed by atoms with Crippen LogP contribution in [0.1, 0.15) is 42.1 Å². The van der Waals surface area contributed by atoms with Gasteiger partial charge < -0.3 is 9.84 Å². The molecule has 0 fully saturated rings. The summed E-state index contributed by atoms with van der Waals surface area (Å²) in [6.07, 6.45) is 5.91. The van der Waals surface area contributed by atoms with Crippen molar-refractivity contribution >= 4 is 11.4 Å². The first kappa shape index (κ1) is 15.2. The lowest BCUT2D eigenvalue weighted by Gasteiger charge is -2.19. The Morgan fingerprint density at radius 3 is 2.78 bits per heavy atom. The van der Waals surface area contributed by atoms with E-state index in [4.69, 9.17) is 4.52 Å². The summed E-state index contributed by atoms with van der Waals surface area (Å²) in [5, 5.41) is 7.26. The van der Waals surface area contributed by atoms with E-state index < -0.39 is 0 Å². The van der Waals surface area contributed by atoms with Crippen molar-refractivity contribution in [3.8, 4) is 0 Å². The van der Waals surface area contributed by atoms with Crippen molar-refractivity contribution < 1.29 is 9.32 Å². The third-order valence-corrected chi connectivity index (χ3v) is 3.93. The fourth-order valence-electron chi connectivity index (χ4n) is 2.74. The Kier molecular flexibility index (Phi) is 4.10. The van der Waals surface area contributed by atoms with Crippen LogP contribution < -0.4 is 5.32 Å². The fraction of sp³-hybridized carbons (Fsp3) is 0.278. The van der Waals surface area contributed by atoms with Crippen LogP contribution in [0.4, 0.5) is 0 Å². The van der Waals surface area contributed by atoms with E-state index in [9.17, 15) is 4.79 Å². The van der Waals surface area contributed by atoms with Crippen LogP contribution in [0, 0.1) is 13.8 Å². The van der Waals surface area contributed by atoms with Crippen LogP contribution in [-0.4, -0.2) is 15.9 Å². The second-order valence-corrected chi connectivity index (χ2v) is 5.66. The summed E-state index contributed by atoms with van der Waals surface area (Å²) in [5.74, 6) is 0.833. The number of carbonyl (C=O) groups is 1. The van der Waals surface area contributed by atoms with Gasteiger partial charge in [0.25, 0.3) is 0 Å². The Hall–Kier alpha value is -2.69. The average Bonchev–Trinajstić information content (AvgIpc) is 2.89. The average molecular weight is 309 g/mol. The second-order valence-electron chi connectivity index (χ2n) is 5.66. The second kappa shape index (κ2) is 6.20. The van der Waals surface area contributed by atoms with Gasteiger partial charge >= 0.3 is 0 Å². The summed E-state index contributed by atoms with van der Waals surface area (Å²) in [4.78, 5) is 16.5. The minimum absolute atomic E-state index is 0.0459. The predicted molar refractivity (Wildman–Crippen MR) is 87.4 cm³/mol. The molecule has 1 aliphatic rings. The van der Waals surface area contributed by atoms with Gasteiger partial charge in [-0.1, -0.05) is 17.3 Å². The highest BCUT2D eigenvalue weighted by Gasteiger charge is 2.21. The fourth-order valence-corrected chi connectivity index (χ4v) is 2.74. The summed E-state index contributed by atoms with van der Waals surface area (Å²) in [6.45, 7) is 5.77. The molecule has 0 saturated carbocycles. The Morgan fingerprint density at radius 2 is 2.13 bits per heavy atom. The van der Waals surface area contributed by atoms with Gasteiger partial charge in [0, 0.05) is 18.2 Å². The maximum absolute atomic E-state index is 12.2. The molecule has 2 heterocycles. The molecule has 3 rings (SSSR count). The van der Waals surface area contributed by atoms with Gasteiger partial charge in [0.15, 0.2) is 5.78 Å². The molecule has 0 spiro atoms. The Balaban J connectivity index is 1.86. The first-order valence-corrected chi connectivity index (χ1v) is 7.62. The number of aromatic nitrogens is 2. The van der Waals surface area contributed by atoms with Gasteiger partial charge in [0.2, 0.25) is 0 Å². The topological polar surface area (TPSA) is 68.0 Å². The third-order valence-electron chi connectivity index (χ3n) is 3.93. The van der Waals surface area contributed by atoms with Crippen molar-refractivity contribution in [3.05, 3.63) is 65.0 Å². The summed E-state index contributed by atoms with van der Waals surface area (Å²) >= 11 is 0. The highest BCUT2D eigenvalue weighted by molar-refractivity contribution is 6.02. The minimum Gasteiger partial charge on any atom is -0.374 e. The molecule has 0 saturated heterocycles. The van der Waals surface area contributed by atoms with Crippen molar-refractivity contribution in [1.29, 1.82) is 0 Å². The lowest BCUT2D eigenvalue weighted by atomic mass is 9.95. The SMILES string of the molecule is Cc1noc(C)c1C1=CCC(=O)C(N[C@H](C)c2ccccn2)=C1. The first-order valence-electron chi connectivity index (χ1n) is 7.62. The van der Waals surface area contributed by atoms with Crippen LogP contribution in [0.25, 0.3) is 5.57 Å². The number of Topliss-reactive ketones (excluding diaryl/α,β-unsaturated/α-hetero) is 1. The predicted octanol–water partition coefficient (Wildman–Crippen LogP) is 3.28. The molecule has 1 N–H and O–H groups in total. The molecule has 0 unspecified atom stereocenters. The summed E-state index contributed by atoms with van der Waals surface area (Å²) in [6, 6.07) is 5.71. The van der Waals surface area contributed by atoms with Crippen molar-refractivity contribution in [2.45, 2.75) is 33.2 Å². The summed E-state index contributed by atoms with van der Waals surface area (Å²) in [5.41, 5.74) is 4.26. The number of rotatable bonds is 4. The van der Waals surface area contributed by atoms with Crippen LogP contribution in [0.5, 0.6) is 0 Å². The Morgan fingerprint density at radius 1 is 1.30 bits per heavy atom. The van der Waals surface area contributed by atoms with Gasteiger partial charge in [0.1, 0.15) is 5.76 Å². The molecule has 1 atom stereocenters. The lowest BCUT2D eigenvalue weighted by molar-refractivity contribution is -0.115.